The van der Waals surface area contributed by atoms with E-state index < -0.39 is 6.04 Å². The fourth-order valence-electron chi connectivity index (χ4n) is 1.59. The number of hydrogen-bond acceptors (Lipinski definition) is 4. The maximum Gasteiger partial charge on any atom is 0.255 e. The van der Waals surface area contributed by atoms with Gasteiger partial charge in [-0.15, -0.1) is 0 Å². The number of nitrogens with one attached hydrogen (secondary N) is 2. The summed E-state index contributed by atoms with van der Waals surface area (Å²) in [6.45, 7) is 3.83. The Morgan fingerprint density at radius 3 is 2.74 bits per heavy atom. The highest BCUT2D eigenvalue weighted by atomic mass is 16.3. The van der Waals surface area contributed by atoms with Gasteiger partial charge in [-0.25, -0.2) is 0 Å². The van der Waals surface area contributed by atoms with E-state index in [4.69, 9.17) is 9.68 Å². The minimum atomic E-state index is -0.657. The number of nitriles is 1. The van der Waals surface area contributed by atoms with Gasteiger partial charge in [-0.1, -0.05) is 13.8 Å². The van der Waals surface area contributed by atoms with Gasteiger partial charge in [0.05, 0.1) is 17.9 Å². The molecule has 1 rings (SSSR count). The topological polar surface area (TPSA) is 95.1 Å². The lowest BCUT2D eigenvalue weighted by atomic mass is 10.0. The average Bonchev–Trinajstić information content (AvgIpc) is 2.88. The zero-order chi connectivity index (χ0) is 14.3. The number of carbonyl (C=O) groups excluding carboxylic acids is 2. The Morgan fingerprint density at radius 1 is 1.47 bits per heavy atom. The van der Waals surface area contributed by atoms with Gasteiger partial charge in [0.1, 0.15) is 18.8 Å². The summed E-state index contributed by atoms with van der Waals surface area (Å²) < 4.78 is 4.82. The highest BCUT2D eigenvalue weighted by Gasteiger charge is 2.22. The van der Waals surface area contributed by atoms with Crippen molar-refractivity contribution >= 4 is 11.8 Å². The van der Waals surface area contributed by atoms with Gasteiger partial charge in [-0.2, -0.15) is 5.26 Å². The van der Waals surface area contributed by atoms with Crippen LogP contribution in [0.4, 0.5) is 0 Å². The molecule has 0 aromatic carbocycles. The van der Waals surface area contributed by atoms with E-state index in [0.29, 0.717) is 12.0 Å². The van der Waals surface area contributed by atoms with Gasteiger partial charge in [0.2, 0.25) is 5.91 Å². The summed E-state index contributed by atoms with van der Waals surface area (Å²) in [4.78, 5) is 23.7. The molecular weight excluding hydrogens is 246 g/mol. The third-order valence-electron chi connectivity index (χ3n) is 2.45. The second kappa shape index (κ2) is 7.21. The second-order valence-electron chi connectivity index (χ2n) is 4.54. The molecule has 0 spiro atoms. The molecule has 0 saturated heterocycles. The SMILES string of the molecule is CC(C)C[C@H](NC(=O)c1ccoc1)C(=O)NCC#N. The van der Waals surface area contributed by atoms with Crippen LogP contribution < -0.4 is 10.6 Å². The molecule has 2 N–H and O–H groups in total. The number of carbonyl (C=O) groups is 2. The van der Waals surface area contributed by atoms with Crippen molar-refractivity contribution in [3.8, 4) is 6.07 Å². The van der Waals surface area contributed by atoms with Gasteiger partial charge < -0.3 is 15.1 Å². The number of amides is 2. The predicted molar refractivity (Wildman–Crippen MR) is 68.0 cm³/mol. The van der Waals surface area contributed by atoms with Crippen LogP contribution >= 0.6 is 0 Å². The summed E-state index contributed by atoms with van der Waals surface area (Å²) in [5, 5.41) is 13.5. The van der Waals surface area contributed by atoms with E-state index >= 15 is 0 Å². The van der Waals surface area contributed by atoms with E-state index in [1.54, 1.807) is 0 Å². The molecule has 6 nitrogen and oxygen atoms in total. The predicted octanol–water partition coefficient (Wildman–Crippen LogP) is 1.06. The van der Waals surface area contributed by atoms with Gasteiger partial charge in [0, 0.05) is 0 Å². The van der Waals surface area contributed by atoms with Crippen LogP contribution in [0.5, 0.6) is 0 Å². The van der Waals surface area contributed by atoms with Crippen molar-refractivity contribution in [3.63, 3.8) is 0 Å². The van der Waals surface area contributed by atoms with E-state index in [1.165, 1.54) is 18.6 Å². The smallest absolute Gasteiger partial charge is 0.255 e. The Hall–Kier alpha value is -2.29. The minimum Gasteiger partial charge on any atom is -0.472 e. The Bertz CT molecular complexity index is 460. The van der Waals surface area contributed by atoms with Crippen LogP contribution in [0.2, 0.25) is 0 Å². The lowest BCUT2D eigenvalue weighted by Gasteiger charge is -2.19. The summed E-state index contributed by atoms with van der Waals surface area (Å²) in [6.07, 6.45) is 3.21. The van der Waals surface area contributed by atoms with E-state index in [9.17, 15) is 9.59 Å². The van der Waals surface area contributed by atoms with Crippen molar-refractivity contribution in [2.45, 2.75) is 26.3 Å². The maximum absolute atomic E-state index is 11.9. The number of hydrogen-bond donors (Lipinski definition) is 2. The first kappa shape index (κ1) is 14.8. The van der Waals surface area contributed by atoms with Crippen LogP contribution in [0.1, 0.15) is 30.6 Å². The van der Waals surface area contributed by atoms with Gasteiger partial charge in [-0.3, -0.25) is 9.59 Å². The molecule has 0 saturated carbocycles. The third kappa shape index (κ3) is 4.84. The Kier molecular flexibility index (Phi) is 5.61. The van der Waals surface area contributed by atoms with Crippen molar-refractivity contribution in [2.75, 3.05) is 6.54 Å². The molecule has 0 aliphatic carbocycles. The van der Waals surface area contributed by atoms with Crippen molar-refractivity contribution < 1.29 is 14.0 Å². The fraction of sp³-hybridized carbons (Fsp3) is 0.462. The van der Waals surface area contributed by atoms with E-state index in [1.807, 2.05) is 19.9 Å². The molecular formula is C13H17N3O3. The molecule has 0 fully saturated rings. The normalized spacial score (nSPS) is 11.7. The molecule has 1 aromatic rings. The molecule has 0 aliphatic rings. The van der Waals surface area contributed by atoms with Crippen LogP contribution in [-0.4, -0.2) is 24.4 Å². The summed E-state index contributed by atoms with van der Waals surface area (Å²) in [5.74, 6) is -0.485. The summed E-state index contributed by atoms with van der Waals surface area (Å²) in [7, 11) is 0. The van der Waals surface area contributed by atoms with Crippen LogP contribution in [0, 0.1) is 17.2 Å². The van der Waals surface area contributed by atoms with Crippen molar-refractivity contribution in [1.82, 2.24) is 10.6 Å². The lowest BCUT2D eigenvalue weighted by Crippen LogP contribution is -2.47. The van der Waals surface area contributed by atoms with E-state index in [2.05, 4.69) is 10.6 Å². The maximum atomic E-state index is 11.9. The number of nitrogens with zero attached hydrogens (tertiary/aromatic N) is 1. The van der Waals surface area contributed by atoms with Gasteiger partial charge in [-0.05, 0) is 18.4 Å². The van der Waals surface area contributed by atoms with Crippen LogP contribution in [0.15, 0.2) is 23.0 Å². The third-order valence-corrected chi connectivity index (χ3v) is 2.45. The van der Waals surface area contributed by atoms with Gasteiger partial charge in [0.15, 0.2) is 0 Å². The van der Waals surface area contributed by atoms with Gasteiger partial charge in [0.25, 0.3) is 5.91 Å². The number of rotatable bonds is 6. The largest absolute Gasteiger partial charge is 0.472 e. The van der Waals surface area contributed by atoms with E-state index in [0.717, 1.165) is 0 Å². The van der Waals surface area contributed by atoms with Crippen molar-refractivity contribution in [2.24, 2.45) is 5.92 Å². The molecule has 0 bridgehead atoms. The Labute approximate surface area is 111 Å². The quantitative estimate of drug-likeness (QED) is 0.750. The number of furan rings is 1. The van der Waals surface area contributed by atoms with Crippen LogP contribution in [0.25, 0.3) is 0 Å². The van der Waals surface area contributed by atoms with Crippen LogP contribution in [-0.2, 0) is 4.79 Å². The van der Waals surface area contributed by atoms with Crippen LogP contribution in [0.3, 0.4) is 0 Å². The second-order valence-corrected chi connectivity index (χ2v) is 4.54. The lowest BCUT2D eigenvalue weighted by molar-refractivity contribution is -0.123. The Balaban J connectivity index is 2.66. The Morgan fingerprint density at radius 2 is 2.21 bits per heavy atom. The molecule has 2 amide bonds. The molecule has 1 atom stereocenters. The highest BCUT2D eigenvalue weighted by molar-refractivity contribution is 5.97. The summed E-state index contributed by atoms with van der Waals surface area (Å²) in [5.41, 5.74) is 0.363. The first-order valence-corrected chi connectivity index (χ1v) is 6.02. The fourth-order valence-corrected chi connectivity index (χ4v) is 1.59. The molecule has 1 aromatic heterocycles. The molecule has 0 unspecified atom stereocenters. The first-order chi connectivity index (χ1) is 9.04. The summed E-state index contributed by atoms with van der Waals surface area (Å²) >= 11 is 0. The molecule has 19 heavy (non-hydrogen) atoms. The van der Waals surface area contributed by atoms with Crippen molar-refractivity contribution in [3.05, 3.63) is 24.2 Å². The summed E-state index contributed by atoms with van der Waals surface area (Å²) in [6, 6.07) is 2.69. The molecule has 0 aliphatic heterocycles. The zero-order valence-corrected chi connectivity index (χ0v) is 11.0. The van der Waals surface area contributed by atoms with Gasteiger partial charge >= 0.3 is 0 Å². The van der Waals surface area contributed by atoms with Crippen molar-refractivity contribution in [1.29, 1.82) is 5.26 Å². The molecule has 102 valence electrons. The minimum absolute atomic E-state index is 0.0744. The molecule has 0 radical (unpaired) electrons. The monoisotopic (exact) mass is 263 g/mol. The average molecular weight is 263 g/mol. The zero-order valence-electron chi connectivity index (χ0n) is 11.0. The first-order valence-electron chi connectivity index (χ1n) is 6.02. The highest BCUT2D eigenvalue weighted by Crippen LogP contribution is 2.07. The molecule has 6 heteroatoms. The van der Waals surface area contributed by atoms with E-state index in [-0.39, 0.29) is 24.3 Å². The molecule has 1 heterocycles. The standard InChI is InChI=1S/C13H17N3O3/c1-9(2)7-11(13(18)15-5-4-14)16-12(17)10-3-6-19-8-10/h3,6,8-9,11H,5,7H2,1-2H3,(H,15,18)(H,16,17)/t11-/m0/s1.